The van der Waals surface area contributed by atoms with Crippen molar-refractivity contribution in [3.05, 3.63) is 137 Å². The minimum atomic E-state index is 0.0502. The van der Waals surface area contributed by atoms with Gasteiger partial charge in [0, 0.05) is 44.3 Å². The summed E-state index contributed by atoms with van der Waals surface area (Å²) in [6.45, 7) is 29.6. The van der Waals surface area contributed by atoms with E-state index in [0.717, 1.165) is 7.28 Å². The molecule has 3 heteroatoms. The fraction of sp³-hybridized carbons (Fsp3) is 0.387. The smallest absolute Gasteiger partial charge is 0.198 e. The number of nitrogens with one attached hydrogen (secondary N) is 1. The number of rotatable bonds is 3. The zero-order valence-electron chi connectivity index (χ0n) is 41.2. The molecule has 4 aliphatic rings. The van der Waals surface area contributed by atoms with Gasteiger partial charge in [-0.2, -0.15) is 0 Å². The number of aromatic nitrogens is 1. The summed E-state index contributed by atoms with van der Waals surface area (Å²) < 4.78 is 2.74. The quantitative estimate of drug-likeness (QED) is 0.175. The molecule has 3 aliphatic carbocycles. The molecular weight excluding hydrogens is 784 g/mol. The van der Waals surface area contributed by atoms with Gasteiger partial charge in [-0.05, 0) is 162 Å². The fourth-order valence-electron chi connectivity index (χ4n) is 13.5. The lowest BCUT2D eigenvalue weighted by Crippen LogP contribution is -2.41. The highest BCUT2D eigenvalue weighted by atomic mass is 15.0. The Labute approximate surface area is 388 Å². The van der Waals surface area contributed by atoms with Crippen molar-refractivity contribution >= 4 is 72.9 Å². The molecule has 1 aromatic heterocycles. The summed E-state index contributed by atoms with van der Waals surface area (Å²) in [6, 6.07) is 41.1. The summed E-state index contributed by atoms with van der Waals surface area (Å²) in [5.41, 5.74) is 21.7. The molecule has 2 heterocycles. The van der Waals surface area contributed by atoms with Crippen molar-refractivity contribution in [2.24, 2.45) is 0 Å². The number of benzene rings is 7. The van der Waals surface area contributed by atoms with E-state index in [9.17, 15) is 0 Å². The van der Waals surface area contributed by atoms with Crippen LogP contribution < -0.4 is 16.2 Å². The van der Waals surface area contributed by atoms with E-state index in [2.05, 4.69) is 196 Å². The van der Waals surface area contributed by atoms with E-state index >= 15 is 0 Å². The van der Waals surface area contributed by atoms with Crippen LogP contribution in [0.1, 0.15) is 155 Å². The van der Waals surface area contributed by atoms with E-state index in [1.54, 1.807) is 0 Å². The van der Waals surface area contributed by atoms with Crippen LogP contribution >= 0.6 is 0 Å². The molecule has 8 aromatic rings. The topological polar surface area (TPSA) is 17.0 Å². The first-order valence-corrected chi connectivity index (χ1v) is 24.9. The Hall–Kier alpha value is -5.28. The fourth-order valence-corrected chi connectivity index (χ4v) is 13.5. The Morgan fingerprint density at radius 3 is 1.62 bits per heavy atom. The molecule has 0 spiro atoms. The molecular formula is C62H67BN2. The van der Waals surface area contributed by atoms with Crippen LogP contribution in [-0.2, 0) is 32.5 Å². The molecule has 0 fully saturated rings. The monoisotopic (exact) mass is 851 g/mol. The van der Waals surface area contributed by atoms with Crippen LogP contribution in [0, 0.1) is 0 Å². The summed E-state index contributed by atoms with van der Waals surface area (Å²) in [7, 11) is 0.886. The zero-order chi connectivity index (χ0) is 45.4. The highest BCUT2D eigenvalue weighted by Crippen LogP contribution is 2.53. The molecule has 0 radical (unpaired) electrons. The molecule has 0 amide bonds. The van der Waals surface area contributed by atoms with Crippen LogP contribution in [0.3, 0.4) is 0 Å². The van der Waals surface area contributed by atoms with Crippen LogP contribution in [0.4, 0.5) is 11.4 Å². The number of nitrogens with zero attached hydrogens (tertiary/aromatic N) is 1. The highest BCUT2D eigenvalue weighted by Gasteiger charge is 2.42. The number of hydrogen-bond donors (Lipinski definition) is 1. The largest absolute Gasteiger partial charge is 0.355 e. The predicted molar refractivity (Wildman–Crippen MR) is 283 cm³/mol. The van der Waals surface area contributed by atoms with E-state index < -0.39 is 0 Å². The van der Waals surface area contributed by atoms with Crippen molar-refractivity contribution in [2.75, 3.05) is 5.32 Å². The maximum atomic E-state index is 4.22. The van der Waals surface area contributed by atoms with Crippen molar-refractivity contribution in [2.45, 2.75) is 154 Å². The SMILES string of the molecule is CC1(C)CCC(C)(C)c2cc(Nc3cc4c(cc3-c3c5c6c(c7ccccc37)c3ccc7ccccc7c3n6-c3cc6c(cc3B5)C(C)(C)CCC6(C)C)C(C)(C)CCC4(C)C)ccc21. The molecule has 0 saturated carbocycles. The Morgan fingerprint density at radius 2 is 0.969 bits per heavy atom. The van der Waals surface area contributed by atoms with Gasteiger partial charge in [0.25, 0.3) is 0 Å². The summed E-state index contributed by atoms with van der Waals surface area (Å²) in [5, 5.41) is 12.2. The first kappa shape index (κ1) is 41.2. The third kappa shape index (κ3) is 5.85. The van der Waals surface area contributed by atoms with Gasteiger partial charge in [-0.25, -0.2) is 0 Å². The molecule has 0 unspecified atom stereocenters. The summed E-state index contributed by atoms with van der Waals surface area (Å²) in [4.78, 5) is 0. The standard InChI is InChI=1S/C62H67BN2/c1-57(2)25-26-58(3,4)44-31-37(22-24-43(44)57)64-50-34-47-45(59(5,6)27-29-61(47,9)10)32-42(50)52-39-19-15-16-20-40(39)53-41-23-21-36-17-13-14-18-38(36)55(41)65-51-35-48-46(33-49(51)63-54(52)56(53)65)60(7,8)28-30-62(48,11)12/h13-24,31-35,63-64H,25-30H2,1-12H3. The number of hydrogen-bond acceptors (Lipinski definition) is 1. The molecule has 328 valence electrons. The summed E-state index contributed by atoms with van der Waals surface area (Å²) in [6.07, 6.45) is 7.16. The van der Waals surface area contributed by atoms with E-state index in [0.29, 0.717) is 0 Å². The Kier molecular flexibility index (Phi) is 8.37. The molecule has 0 atom stereocenters. The summed E-state index contributed by atoms with van der Waals surface area (Å²) in [5.74, 6) is 0. The minimum absolute atomic E-state index is 0.0502. The van der Waals surface area contributed by atoms with E-state index in [1.807, 2.05) is 0 Å². The van der Waals surface area contributed by atoms with Crippen molar-refractivity contribution in [1.82, 2.24) is 4.57 Å². The van der Waals surface area contributed by atoms with Gasteiger partial charge < -0.3 is 9.88 Å². The lowest BCUT2D eigenvalue weighted by Gasteiger charge is -2.43. The van der Waals surface area contributed by atoms with Crippen LogP contribution in [-0.4, -0.2) is 11.8 Å². The first-order valence-electron chi connectivity index (χ1n) is 24.9. The second-order valence-corrected chi connectivity index (χ2v) is 25.0. The van der Waals surface area contributed by atoms with Gasteiger partial charge in [0.15, 0.2) is 7.28 Å². The second-order valence-electron chi connectivity index (χ2n) is 25.0. The number of fused-ring (bicyclic) bond motifs is 12. The van der Waals surface area contributed by atoms with E-state index in [-0.39, 0.29) is 32.5 Å². The molecule has 0 bridgehead atoms. The van der Waals surface area contributed by atoms with Crippen LogP contribution in [0.15, 0.2) is 103 Å². The minimum Gasteiger partial charge on any atom is -0.355 e. The molecule has 1 aliphatic heterocycles. The Balaban J connectivity index is 1.22. The second kappa shape index (κ2) is 13.2. The molecule has 7 aromatic carbocycles. The normalized spacial score (nSPS) is 20.2. The Morgan fingerprint density at radius 1 is 0.446 bits per heavy atom. The third-order valence-corrected chi connectivity index (χ3v) is 18.0. The number of anilines is 2. The maximum Gasteiger partial charge on any atom is 0.198 e. The highest BCUT2D eigenvalue weighted by molar-refractivity contribution is 6.74. The average molecular weight is 851 g/mol. The van der Waals surface area contributed by atoms with Gasteiger partial charge in [0.1, 0.15) is 0 Å². The van der Waals surface area contributed by atoms with Gasteiger partial charge in [0.05, 0.1) is 5.52 Å². The molecule has 1 N–H and O–H groups in total. The Bertz CT molecular complexity index is 3380. The average Bonchev–Trinajstić information content (AvgIpc) is 3.63. The van der Waals surface area contributed by atoms with Gasteiger partial charge >= 0.3 is 0 Å². The van der Waals surface area contributed by atoms with Crippen LogP contribution in [0.2, 0.25) is 0 Å². The van der Waals surface area contributed by atoms with Crippen molar-refractivity contribution in [3.63, 3.8) is 0 Å². The van der Waals surface area contributed by atoms with E-state index in [4.69, 9.17) is 0 Å². The lowest BCUT2D eigenvalue weighted by molar-refractivity contribution is 0.332. The maximum absolute atomic E-state index is 4.22. The summed E-state index contributed by atoms with van der Waals surface area (Å²) >= 11 is 0. The van der Waals surface area contributed by atoms with Crippen molar-refractivity contribution < 1.29 is 0 Å². The van der Waals surface area contributed by atoms with Gasteiger partial charge in [-0.15, -0.1) is 0 Å². The van der Waals surface area contributed by atoms with Crippen LogP contribution in [0.25, 0.3) is 60.2 Å². The molecule has 0 saturated heterocycles. The van der Waals surface area contributed by atoms with Crippen LogP contribution in [0.5, 0.6) is 0 Å². The predicted octanol–water partition coefficient (Wildman–Crippen LogP) is 15.2. The van der Waals surface area contributed by atoms with Gasteiger partial charge in [0.2, 0.25) is 0 Å². The van der Waals surface area contributed by atoms with E-state index in [1.165, 1.54) is 154 Å². The molecule has 65 heavy (non-hydrogen) atoms. The molecule has 12 rings (SSSR count). The third-order valence-electron chi connectivity index (χ3n) is 18.0. The van der Waals surface area contributed by atoms with Gasteiger partial charge in [-0.3, -0.25) is 0 Å². The zero-order valence-corrected chi connectivity index (χ0v) is 41.2. The van der Waals surface area contributed by atoms with Crippen molar-refractivity contribution in [1.29, 1.82) is 0 Å². The van der Waals surface area contributed by atoms with Crippen molar-refractivity contribution in [3.8, 4) is 16.8 Å². The lowest BCUT2D eigenvalue weighted by atomic mass is 9.55. The first-order chi connectivity index (χ1) is 30.7. The molecule has 2 nitrogen and oxygen atoms in total. The van der Waals surface area contributed by atoms with Gasteiger partial charge in [-0.1, -0.05) is 161 Å².